The minimum atomic E-state index is -2.98. The van der Waals surface area contributed by atoms with Crippen LogP contribution in [0.2, 0.25) is 0 Å². The molecule has 1 aliphatic rings. The summed E-state index contributed by atoms with van der Waals surface area (Å²) in [6.45, 7) is 10.8. The summed E-state index contributed by atoms with van der Waals surface area (Å²) in [5.74, 6) is 0.217. The molecule has 18 heavy (non-hydrogen) atoms. The largest absolute Gasteiger partial charge is 0.314 e. The Balaban J connectivity index is 2.28. The third-order valence-corrected chi connectivity index (χ3v) is 5.40. The fourth-order valence-electron chi connectivity index (χ4n) is 2.17. The predicted molar refractivity (Wildman–Crippen MR) is 76.1 cm³/mol. The van der Waals surface area contributed by atoms with E-state index in [4.69, 9.17) is 0 Å². The number of piperidine rings is 1. The lowest BCUT2D eigenvalue weighted by Crippen LogP contribution is -2.45. The zero-order valence-electron chi connectivity index (χ0n) is 12.2. The zero-order chi connectivity index (χ0) is 13.8. The molecule has 1 heterocycles. The maximum atomic E-state index is 11.7. The number of rotatable bonds is 5. The molecule has 1 aliphatic heterocycles. The average molecular weight is 276 g/mol. The topological polar surface area (TPSA) is 49.4 Å². The standard InChI is InChI=1S/C13H28N2O2S/c1-5-18(16,17)15-10-6-12(7-11-15)14-9-8-13(2,3)4/h12,14H,5-11H2,1-4H3. The molecule has 0 bridgehead atoms. The third kappa shape index (κ3) is 5.24. The number of nitrogens with zero attached hydrogens (tertiary/aromatic N) is 1. The Labute approximate surface area is 112 Å². The molecule has 0 spiro atoms. The molecule has 108 valence electrons. The molecule has 1 fully saturated rings. The van der Waals surface area contributed by atoms with Crippen LogP contribution in [0.5, 0.6) is 0 Å². The van der Waals surface area contributed by atoms with Crippen LogP contribution in [0.4, 0.5) is 0 Å². The van der Waals surface area contributed by atoms with Gasteiger partial charge < -0.3 is 5.32 Å². The van der Waals surface area contributed by atoms with Gasteiger partial charge in [-0.25, -0.2) is 12.7 Å². The van der Waals surface area contributed by atoms with Gasteiger partial charge in [0.1, 0.15) is 0 Å². The van der Waals surface area contributed by atoms with E-state index in [0.717, 1.165) is 25.8 Å². The van der Waals surface area contributed by atoms with Crippen LogP contribution in [-0.4, -0.2) is 44.2 Å². The van der Waals surface area contributed by atoms with Crippen molar-refractivity contribution in [2.75, 3.05) is 25.4 Å². The van der Waals surface area contributed by atoms with Gasteiger partial charge in [0.25, 0.3) is 0 Å². The molecule has 0 aromatic heterocycles. The van der Waals surface area contributed by atoms with Gasteiger partial charge in [0.15, 0.2) is 0 Å². The van der Waals surface area contributed by atoms with Crippen molar-refractivity contribution in [2.45, 2.75) is 53.0 Å². The van der Waals surface area contributed by atoms with Crippen LogP contribution in [0, 0.1) is 5.41 Å². The van der Waals surface area contributed by atoms with Crippen LogP contribution < -0.4 is 5.32 Å². The second-order valence-corrected chi connectivity index (χ2v) is 8.60. The highest BCUT2D eigenvalue weighted by Crippen LogP contribution is 2.18. The van der Waals surface area contributed by atoms with Crippen LogP contribution in [0.25, 0.3) is 0 Å². The zero-order valence-corrected chi connectivity index (χ0v) is 13.0. The van der Waals surface area contributed by atoms with Gasteiger partial charge in [-0.15, -0.1) is 0 Å². The molecule has 0 aromatic carbocycles. The van der Waals surface area contributed by atoms with Crippen LogP contribution in [0.3, 0.4) is 0 Å². The molecule has 1 saturated heterocycles. The van der Waals surface area contributed by atoms with Gasteiger partial charge >= 0.3 is 0 Å². The van der Waals surface area contributed by atoms with Crippen LogP contribution >= 0.6 is 0 Å². The van der Waals surface area contributed by atoms with E-state index in [1.165, 1.54) is 0 Å². The maximum absolute atomic E-state index is 11.7. The van der Waals surface area contributed by atoms with E-state index in [-0.39, 0.29) is 5.75 Å². The summed E-state index contributed by atoms with van der Waals surface area (Å²) < 4.78 is 25.1. The van der Waals surface area contributed by atoms with Crippen molar-refractivity contribution in [1.82, 2.24) is 9.62 Å². The van der Waals surface area contributed by atoms with E-state index in [1.807, 2.05) is 0 Å². The van der Waals surface area contributed by atoms with Gasteiger partial charge in [-0.05, 0) is 38.1 Å². The number of hydrogen-bond donors (Lipinski definition) is 1. The first kappa shape index (κ1) is 15.9. The van der Waals surface area contributed by atoms with Gasteiger partial charge in [0, 0.05) is 19.1 Å². The Morgan fingerprint density at radius 1 is 1.22 bits per heavy atom. The molecule has 0 aliphatic carbocycles. The smallest absolute Gasteiger partial charge is 0.213 e. The first-order valence-corrected chi connectivity index (χ1v) is 8.57. The van der Waals surface area contributed by atoms with Gasteiger partial charge in [-0.1, -0.05) is 20.8 Å². The van der Waals surface area contributed by atoms with Crippen molar-refractivity contribution < 1.29 is 8.42 Å². The normalized spacial score (nSPS) is 20.2. The number of hydrogen-bond acceptors (Lipinski definition) is 3. The summed E-state index contributed by atoms with van der Waals surface area (Å²) in [5.41, 5.74) is 0.360. The summed E-state index contributed by atoms with van der Waals surface area (Å²) in [4.78, 5) is 0. The SMILES string of the molecule is CCS(=O)(=O)N1CCC(NCCC(C)(C)C)CC1. The lowest BCUT2D eigenvalue weighted by Gasteiger charge is -2.32. The summed E-state index contributed by atoms with van der Waals surface area (Å²) in [6, 6.07) is 0.482. The van der Waals surface area contributed by atoms with E-state index in [0.29, 0.717) is 24.5 Å². The van der Waals surface area contributed by atoms with Crippen molar-refractivity contribution in [3.05, 3.63) is 0 Å². The highest BCUT2D eigenvalue weighted by molar-refractivity contribution is 7.89. The second kappa shape index (κ2) is 6.35. The van der Waals surface area contributed by atoms with Crippen LogP contribution in [-0.2, 0) is 10.0 Å². The van der Waals surface area contributed by atoms with Gasteiger partial charge in [-0.2, -0.15) is 0 Å². The molecular weight excluding hydrogens is 248 g/mol. The van der Waals surface area contributed by atoms with Gasteiger partial charge in [0.2, 0.25) is 10.0 Å². The highest BCUT2D eigenvalue weighted by Gasteiger charge is 2.26. The fraction of sp³-hybridized carbons (Fsp3) is 1.00. The first-order valence-electron chi connectivity index (χ1n) is 6.96. The lowest BCUT2D eigenvalue weighted by atomic mass is 9.92. The molecule has 0 saturated carbocycles. The lowest BCUT2D eigenvalue weighted by molar-refractivity contribution is 0.276. The van der Waals surface area contributed by atoms with E-state index >= 15 is 0 Å². The van der Waals surface area contributed by atoms with E-state index in [9.17, 15) is 8.42 Å². The molecule has 1 rings (SSSR count). The minimum Gasteiger partial charge on any atom is -0.314 e. The van der Waals surface area contributed by atoms with Crippen LogP contribution in [0.15, 0.2) is 0 Å². The molecule has 0 unspecified atom stereocenters. The molecule has 0 radical (unpaired) electrons. The summed E-state index contributed by atoms with van der Waals surface area (Å²) in [7, 11) is -2.98. The van der Waals surface area contributed by atoms with Crippen LogP contribution in [0.1, 0.15) is 47.0 Å². The Morgan fingerprint density at radius 3 is 2.22 bits per heavy atom. The fourth-order valence-corrected chi connectivity index (χ4v) is 3.30. The second-order valence-electron chi connectivity index (χ2n) is 6.34. The average Bonchev–Trinajstić information content (AvgIpc) is 2.28. The molecule has 0 aromatic rings. The van der Waals surface area contributed by atoms with Crippen molar-refractivity contribution in [3.8, 4) is 0 Å². The van der Waals surface area contributed by atoms with Crippen molar-refractivity contribution in [1.29, 1.82) is 0 Å². The molecule has 0 amide bonds. The Hall–Kier alpha value is -0.130. The van der Waals surface area contributed by atoms with E-state index < -0.39 is 10.0 Å². The Bertz CT molecular complexity index is 338. The van der Waals surface area contributed by atoms with Crippen molar-refractivity contribution >= 4 is 10.0 Å². The maximum Gasteiger partial charge on any atom is 0.213 e. The Morgan fingerprint density at radius 2 is 1.78 bits per heavy atom. The predicted octanol–water partition coefficient (Wildman–Crippen LogP) is 1.83. The molecule has 5 heteroatoms. The quantitative estimate of drug-likeness (QED) is 0.833. The molecule has 1 N–H and O–H groups in total. The number of nitrogens with one attached hydrogen (secondary N) is 1. The molecule has 0 atom stereocenters. The van der Waals surface area contributed by atoms with Crippen molar-refractivity contribution in [2.24, 2.45) is 5.41 Å². The van der Waals surface area contributed by atoms with E-state index in [1.54, 1.807) is 11.2 Å². The monoisotopic (exact) mass is 276 g/mol. The van der Waals surface area contributed by atoms with Gasteiger partial charge in [0.05, 0.1) is 5.75 Å². The minimum absolute atomic E-state index is 0.217. The molecule has 4 nitrogen and oxygen atoms in total. The highest BCUT2D eigenvalue weighted by atomic mass is 32.2. The van der Waals surface area contributed by atoms with Gasteiger partial charge in [-0.3, -0.25) is 0 Å². The first-order chi connectivity index (χ1) is 8.24. The summed E-state index contributed by atoms with van der Waals surface area (Å²) >= 11 is 0. The number of sulfonamides is 1. The Kier molecular flexibility index (Phi) is 5.62. The summed E-state index contributed by atoms with van der Waals surface area (Å²) in [5, 5.41) is 3.55. The third-order valence-electron chi connectivity index (χ3n) is 3.52. The summed E-state index contributed by atoms with van der Waals surface area (Å²) in [6.07, 6.45) is 3.02. The molecular formula is C13H28N2O2S. The van der Waals surface area contributed by atoms with E-state index in [2.05, 4.69) is 26.1 Å². The van der Waals surface area contributed by atoms with Crippen molar-refractivity contribution in [3.63, 3.8) is 0 Å².